The predicted octanol–water partition coefficient (Wildman–Crippen LogP) is 1.88. The van der Waals surface area contributed by atoms with Crippen LogP contribution in [0.4, 0.5) is 9.18 Å². The summed E-state index contributed by atoms with van der Waals surface area (Å²) in [5, 5.41) is 2.25. The molecule has 0 radical (unpaired) electrons. The third-order valence-electron chi connectivity index (χ3n) is 3.39. The van der Waals surface area contributed by atoms with Crippen molar-refractivity contribution in [2.75, 3.05) is 0 Å². The molecule has 1 heterocycles. The average molecular weight is 334 g/mol. The summed E-state index contributed by atoms with van der Waals surface area (Å²) in [7, 11) is -4.23. The summed E-state index contributed by atoms with van der Waals surface area (Å²) in [6.45, 7) is -0.235. The zero-order valence-electron chi connectivity index (χ0n) is 11.7. The molecule has 0 saturated carbocycles. The van der Waals surface area contributed by atoms with E-state index in [-0.39, 0.29) is 26.9 Å². The van der Waals surface area contributed by atoms with Crippen molar-refractivity contribution >= 4 is 22.0 Å². The summed E-state index contributed by atoms with van der Waals surface area (Å²) >= 11 is 0. The van der Waals surface area contributed by atoms with Crippen molar-refractivity contribution in [2.24, 2.45) is 0 Å². The number of hydrogen-bond acceptors (Lipinski definition) is 4. The summed E-state index contributed by atoms with van der Waals surface area (Å²) in [5.41, 5.74) is 0.121. The number of fused-ring (bicyclic) bond motifs is 1. The van der Waals surface area contributed by atoms with Crippen LogP contribution in [0.2, 0.25) is 0 Å². The Hall–Kier alpha value is -2.74. The first-order chi connectivity index (χ1) is 10.9. The Morgan fingerprint density at radius 2 is 1.74 bits per heavy atom. The van der Waals surface area contributed by atoms with Gasteiger partial charge in [0.25, 0.3) is 15.9 Å². The molecule has 0 aliphatic carbocycles. The van der Waals surface area contributed by atoms with Crippen LogP contribution in [0, 0.1) is 5.82 Å². The molecule has 0 atom stereocenters. The van der Waals surface area contributed by atoms with E-state index in [0.29, 0.717) is 0 Å². The van der Waals surface area contributed by atoms with Gasteiger partial charge >= 0.3 is 6.03 Å². The van der Waals surface area contributed by atoms with Crippen molar-refractivity contribution in [3.63, 3.8) is 0 Å². The molecule has 6 nitrogen and oxygen atoms in total. The van der Waals surface area contributed by atoms with Crippen LogP contribution in [0.5, 0.6) is 0 Å². The Balaban J connectivity index is 1.84. The van der Waals surface area contributed by atoms with E-state index < -0.39 is 27.8 Å². The van der Waals surface area contributed by atoms with Gasteiger partial charge in [0.05, 0.1) is 5.56 Å². The van der Waals surface area contributed by atoms with Gasteiger partial charge in [-0.2, -0.15) is 0 Å². The molecule has 0 spiro atoms. The number of carbonyl (C=O) groups excluding carboxylic acids is 2. The van der Waals surface area contributed by atoms with E-state index >= 15 is 0 Å². The van der Waals surface area contributed by atoms with Crippen molar-refractivity contribution in [3.8, 4) is 0 Å². The van der Waals surface area contributed by atoms with Crippen LogP contribution in [-0.2, 0) is 16.6 Å². The molecule has 8 heteroatoms. The number of imide groups is 1. The number of benzene rings is 2. The standard InChI is InChI=1S/C15H11FN2O4S/c16-12-7-3-1-5-10(12)9-17-15(20)18-14(19)11-6-2-4-8-13(11)23(18,21)22/h1-8H,9H2,(H,17,20). The van der Waals surface area contributed by atoms with Gasteiger partial charge in [0.2, 0.25) is 0 Å². The first-order valence-corrected chi connectivity index (χ1v) is 8.07. The number of carbonyl (C=O) groups is 2. The topological polar surface area (TPSA) is 83.6 Å². The Bertz CT molecular complexity index is 911. The molecule has 3 amide bonds. The highest BCUT2D eigenvalue weighted by Gasteiger charge is 2.45. The average Bonchev–Trinajstić information content (AvgIpc) is 2.73. The van der Waals surface area contributed by atoms with E-state index in [2.05, 4.69) is 5.32 Å². The summed E-state index contributed by atoms with van der Waals surface area (Å²) in [6, 6.07) is 10.2. The Kier molecular flexibility index (Phi) is 3.61. The second kappa shape index (κ2) is 5.47. The third kappa shape index (κ3) is 2.46. The van der Waals surface area contributed by atoms with Gasteiger partial charge in [-0.15, -0.1) is 4.31 Å². The van der Waals surface area contributed by atoms with E-state index in [1.165, 1.54) is 42.5 Å². The zero-order chi connectivity index (χ0) is 16.6. The van der Waals surface area contributed by atoms with Crippen LogP contribution in [0.3, 0.4) is 0 Å². The lowest BCUT2D eigenvalue weighted by Crippen LogP contribution is -2.43. The highest BCUT2D eigenvalue weighted by atomic mass is 32.2. The van der Waals surface area contributed by atoms with Crippen molar-refractivity contribution in [1.29, 1.82) is 0 Å². The molecule has 1 N–H and O–H groups in total. The molecule has 0 fully saturated rings. The molecule has 2 aromatic rings. The van der Waals surface area contributed by atoms with Crippen molar-refractivity contribution < 1.29 is 22.4 Å². The molecule has 23 heavy (non-hydrogen) atoms. The predicted molar refractivity (Wildman–Crippen MR) is 78.4 cm³/mol. The Morgan fingerprint density at radius 1 is 1.09 bits per heavy atom. The van der Waals surface area contributed by atoms with E-state index in [1.54, 1.807) is 6.07 Å². The monoisotopic (exact) mass is 334 g/mol. The quantitative estimate of drug-likeness (QED) is 0.909. The lowest BCUT2D eigenvalue weighted by molar-refractivity contribution is 0.0893. The first-order valence-electron chi connectivity index (χ1n) is 6.63. The first kappa shape index (κ1) is 15.2. The lowest BCUT2D eigenvalue weighted by Gasteiger charge is -2.14. The molecule has 1 aliphatic rings. The van der Waals surface area contributed by atoms with Crippen LogP contribution in [0.1, 0.15) is 15.9 Å². The van der Waals surface area contributed by atoms with Crippen molar-refractivity contribution in [3.05, 3.63) is 65.5 Å². The summed E-state index contributed by atoms with van der Waals surface area (Å²) in [4.78, 5) is 24.0. The Labute approximate surface area is 131 Å². The molecule has 118 valence electrons. The fourth-order valence-corrected chi connectivity index (χ4v) is 3.75. The molecule has 2 aromatic carbocycles. The fourth-order valence-electron chi connectivity index (χ4n) is 2.27. The maximum Gasteiger partial charge on any atom is 0.339 e. The van der Waals surface area contributed by atoms with Crippen LogP contribution >= 0.6 is 0 Å². The largest absolute Gasteiger partial charge is 0.339 e. The van der Waals surface area contributed by atoms with Gasteiger partial charge in [-0.1, -0.05) is 30.3 Å². The molecule has 0 unspecified atom stereocenters. The van der Waals surface area contributed by atoms with E-state index in [9.17, 15) is 22.4 Å². The Morgan fingerprint density at radius 3 is 2.43 bits per heavy atom. The van der Waals surface area contributed by atoms with Crippen LogP contribution in [-0.4, -0.2) is 24.7 Å². The number of hydrogen-bond donors (Lipinski definition) is 1. The molecular weight excluding hydrogens is 323 g/mol. The number of amides is 3. The minimum atomic E-state index is -4.23. The van der Waals surface area contributed by atoms with E-state index in [4.69, 9.17) is 0 Å². The summed E-state index contributed by atoms with van der Waals surface area (Å²) in [6.07, 6.45) is 0. The molecule has 1 aliphatic heterocycles. The maximum atomic E-state index is 13.5. The lowest BCUT2D eigenvalue weighted by atomic mass is 10.2. The van der Waals surface area contributed by atoms with Crippen molar-refractivity contribution in [2.45, 2.75) is 11.4 Å². The number of urea groups is 1. The molecule has 0 bridgehead atoms. The van der Waals surface area contributed by atoms with E-state index in [1.807, 2.05) is 0 Å². The summed E-state index contributed by atoms with van der Waals surface area (Å²) in [5.74, 6) is -1.46. The number of rotatable bonds is 2. The minimum Gasteiger partial charge on any atom is -0.333 e. The van der Waals surface area contributed by atoms with E-state index in [0.717, 1.165) is 0 Å². The number of nitrogens with one attached hydrogen (secondary N) is 1. The molecule has 0 saturated heterocycles. The van der Waals surface area contributed by atoms with Gasteiger partial charge in [-0.3, -0.25) is 4.79 Å². The maximum absolute atomic E-state index is 13.5. The van der Waals surface area contributed by atoms with Gasteiger partial charge in [-0.05, 0) is 18.2 Å². The van der Waals surface area contributed by atoms with Gasteiger partial charge in [-0.25, -0.2) is 17.6 Å². The SMILES string of the molecule is O=C(NCc1ccccc1F)N1C(=O)c2ccccc2S1(=O)=O. The summed E-state index contributed by atoms with van der Waals surface area (Å²) < 4.78 is 38.2. The number of sulfonamides is 1. The molecule has 3 rings (SSSR count). The van der Waals surface area contributed by atoms with Crippen LogP contribution < -0.4 is 5.32 Å². The normalized spacial score (nSPS) is 15.3. The highest BCUT2D eigenvalue weighted by Crippen LogP contribution is 2.29. The molecular formula is C15H11FN2O4S. The molecule has 0 aromatic heterocycles. The number of halogens is 1. The number of nitrogens with zero attached hydrogens (tertiary/aromatic N) is 1. The third-order valence-corrected chi connectivity index (χ3v) is 5.12. The van der Waals surface area contributed by atoms with Crippen LogP contribution in [0.15, 0.2) is 53.4 Å². The second-order valence-electron chi connectivity index (χ2n) is 4.82. The van der Waals surface area contributed by atoms with Crippen molar-refractivity contribution in [1.82, 2.24) is 9.62 Å². The van der Waals surface area contributed by atoms with Gasteiger partial charge in [0.15, 0.2) is 0 Å². The van der Waals surface area contributed by atoms with Gasteiger partial charge < -0.3 is 5.32 Å². The fraction of sp³-hybridized carbons (Fsp3) is 0.0667. The second-order valence-corrected chi connectivity index (χ2v) is 6.58. The smallest absolute Gasteiger partial charge is 0.333 e. The van der Waals surface area contributed by atoms with Crippen LogP contribution in [0.25, 0.3) is 0 Å². The zero-order valence-corrected chi connectivity index (χ0v) is 12.5. The highest BCUT2D eigenvalue weighted by molar-refractivity contribution is 7.90. The van der Waals surface area contributed by atoms with Gasteiger partial charge in [0.1, 0.15) is 10.7 Å². The van der Waals surface area contributed by atoms with Gasteiger partial charge in [0, 0.05) is 12.1 Å². The minimum absolute atomic E-state index is 0.0615.